The Labute approximate surface area is 112 Å². The van der Waals surface area contributed by atoms with Crippen LogP contribution in [-0.2, 0) is 11.3 Å². The van der Waals surface area contributed by atoms with Crippen LogP contribution < -0.4 is 11.1 Å². The summed E-state index contributed by atoms with van der Waals surface area (Å²) in [4.78, 5) is 11.7. The van der Waals surface area contributed by atoms with Crippen LogP contribution in [-0.4, -0.2) is 26.5 Å². The molecule has 1 atom stereocenters. The second-order valence-electron chi connectivity index (χ2n) is 4.93. The van der Waals surface area contributed by atoms with Gasteiger partial charge in [-0.1, -0.05) is 19.9 Å². The molecule has 2 heterocycles. The van der Waals surface area contributed by atoms with Gasteiger partial charge in [0, 0.05) is 18.7 Å². The fraction of sp³-hybridized carbons (Fsp3) is 0.462. The second kappa shape index (κ2) is 5.79. The number of carbonyl (C=O) groups excluding carboxylic acids is 1. The molecule has 0 saturated carbocycles. The van der Waals surface area contributed by atoms with Crippen molar-refractivity contribution >= 4 is 11.6 Å². The number of nitrogens with one attached hydrogen (secondary N) is 1. The van der Waals surface area contributed by atoms with E-state index >= 15 is 0 Å². The van der Waals surface area contributed by atoms with Crippen LogP contribution in [0.15, 0.2) is 24.4 Å². The Morgan fingerprint density at radius 2 is 2.21 bits per heavy atom. The van der Waals surface area contributed by atoms with Crippen molar-refractivity contribution in [2.75, 3.05) is 0 Å². The summed E-state index contributed by atoms with van der Waals surface area (Å²) >= 11 is 0. The van der Waals surface area contributed by atoms with Gasteiger partial charge in [-0.25, -0.2) is 0 Å². The van der Waals surface area contributed by atoms with Crippen LogP contribution in [0.25, 0.3) is 5.65 Å². The van der Waals surface area contributed by atoms with E-state index in [2.05, 4.69) is 15.5 Å². The molecule has 102 valence electrons. The van der Waals surface area contributed by atoms with Crippen LogP contribution in [0.5, 0.6) is 0 Å². The Kier molecular flexibility index (Phi) is 4.11. The second-order valence-corrected chi connectivity index (χ2v) is 4.93. The summed E-state index contributed by atoms with van der Waals surface area (Å²) in [6, 6.07) is 5.55. The Morgan fingerprint density at radius 3 is 2.95 bits per heavy atom. The molecule has 0 radical (unpaired) electrons. The van der Waals surface area contributed by atoms with Gasteiger partial charge in [0.15, 0.2) is 11.5 Å². The monoisotopic (exact) mass is 261 g/mol. The van der Waals surface area contributed by atoms with Gasteiger partial charge in [0.1, 0.15) is 0 Å². The lowest BCUT2D eigenvalue weighted by Crippen LogP contribution is -2.34. The molecule has 6 heteroatoms. The lowest BCUT2D eigenvalue weighted by molar-refractivity contribution is -0.121. The Balaban J connectivity index is 1.94. The number of hydrogen-bond donors (Lipinski definition) is 2. The molecule has 0 aliphatic carbocycles. The highest BCUT2D eigenvalue weighted by Gasteiger charge is 2.13. The van der Waals surface area contributed by atoms with Gasteiger partial charge >= 0.3 is 0 Å². The molecule has 0 aliphatic rings. The van der Waals surface area contributed by atoms with Crippen LogP contribution in [0.3, 0.4) is 0 Å². The average Bonchev–Trinajstić information content (AvgIpc) is 2.79. The van der Waals surface area contributed by atoms with Gasteiger partial charge in [0.25, 0.3) is 0 Å². The van der Waals surface area contributed by atoms with E-state index in [4.69, 9.17) is 5.73 Å². The first-order chi connectivity index (χ1) is 9.08. The summed E-state index contributed by atoms with van der Waals surface area (Å²) in [6.45, 7) is 4.36. The van der Waals surface area contributed by atoms with Crippen LogP contribution in [0, 0.1) is 5.92 Å². The molecule has 0 aromatic carbocycles. The fourth-order valence-corrected chi connectivity index (χ4v) is 1.71. The van der Waals surface area contributed by atoms with Crippen molar-refractivity contribution in [3.63, 3.8) is 0 Å². The number of amides is 1. The zero-order valence-corrected chi connectivity index (χ0v) is 11.2. The Morgan fingerprint density at radius 1 is 1.42 bits per heavy atom. The standard InChI is InChI=1S/C13H19N5O/c1-9(2)10(14)7-13(19)15-8-12-17-16-11-5-3-4-6-18(11)12/h3-6,9-10H,7-8,14H2,1-2H3,(H,15,19). The van der Waals surface area contributed by atoms with Gasteiger partial charge in [-0.2, -0.15) is 0 Å². The van der Waals surface area contributed by atoms with Crippen molar-refractivity contribution in [2.24, 2.45) is 11.7 Å². The first-order valence-corrected chi connectivity index (χ1v) is 6.39. The van der Waals surface area contributed by atoms with E-state index in [-0.39, 0.29) is 11.9 Å². The zero-order chi connectivity index (χ0) is 13.8. The van der Waals surface area contributed by atoms with E-state index in [1.807, 2.05) is 42.6 Å². The smallest absolute Gasteiger partial charge is 0.221 e. The zero-order valence-electron chi connectivity index (χ0n) is 11.2. The normalized spacial score (nSPS) is 12.8. The van der Waals surface area contributed by atoms with Crippen molar-refractivity contribution < 1.29 is 4.79 Å². The maximum Gasteiger partial charge on any atom is 0.221 e. The number of carbonyl (C=O) groups is 1. The van der Waals surface area contributed by atoms with Gasteiger partial charge in [0.05, 0.1) is 6.54 Å². The Hall–Kier alpha value is -1.95. The highest BCUT2D eigenvalue weighted by atomic mass is 16.1. The van der Waals surface area contributed by atoms with E-state index in [0.717, 1.165) is 5.65 Å². The minimum atomic E-state index is -0.116. The van der Waals surface area contributed by atoms with Crippen molar-refractivity contribution in [3.05, 3.63) is 30.2 Å². The van der Waals surface area contributed by atoms with E-state index in [1.54, 1.807) is 0 Å². The number of nitrogens with zero attached hydrogens (tertiary/aromatic N) is 3. The molecule has 2 aromatic rings. The summed E-state index contributed by atoms with van der Waals surface area (Å²) in [6.07, 6.45) is 2.20. The van der Waals surface area contributed by atoms with Crippen LogP contribution >= 0.6 is 0 Å². The number of nitrogens with two attached hydrogens (primary N) is 1. The van der Waals surface area contributed by atoms with E-state index in [1.165, 1.54) is 0 Å². The summed E-state index contributed by atoms with van der Waals surface area (Å²) in [7, 11) is 0. The molecule has 0 saturated heterocycles. The lowest BCUT2D eigenvalue weighted by atomic mass is 10.0. The summed E-state index contributed by atoms with van der Waals surface area (Å²) in [5.41, 5.74) is 6.63. The highest BCUT2D eigenvalue weighted by Crippen LogP contribution is 2.04. The molecule has 6 nitrogen and oxygen atoms in total. The maximum atomic E-state index is 11.7. The third-order valence-electron chi connectivity index (χ3n) is 3.11. The topological polar surface area (TPSA) is 85.3 Å². The summed E-state index contributed by atoms with van der Waals surface area (Å²) < 4.78 is 1.85. The Bertz CT molecular complexity index is 563. The van der Waals surface area contributed by atoms with Crippen molar-refractivity contribution in [1.82, 2.24) is 19.9 Å². The maximum absolute atomic E-state index is 11.7. The quantitative estimate of drug-likeness (QED) is 0.830. The highest BCUT2D eigenvalue weighted by molar-refractivity contribution is 5.76. The molecular weight excluding hydrogens is 242 g/mol. The van der Waals surface area contributed by atoms with E-state index < -0.39 is 0 Å². The SMILES string of the molecule is CC(C)C(N)CC(=O)NCc1nnc2ccccn12. The predicted octanol–water partition coefficient (Wildman–Crippen LogP) is 0.719. The van der Waals surface area contributed by atoms with Gasteiger partial charge in [-0.15, -0.1) is 10.2 Å². The minimum absolute atomic E-state index is 0.0612. The number of hydrogen-bond acceptors (Lipinski definition) is 4. The molecule has 0 fully saturated rings. The molecule has 3 N–H and O–H groups in total. The molecule has 2 rings (SSSR count). The molecular formula is C13H19N5O. The minimum Gasteiger partial charge on any atom is -0.349 e. The largest absolute Gasteiger partial charge is 0.349 e. The van der Waals surface area contributed by atoms with Crippen molar-refractivity contribution in [3.8, 4) is 0 Å². The summed E-state index contributed by atoms with van der Waals surface area (Å²) in [5, 5.41) is 10.9. The van der Waals surface area contributed by atoms with E-state index in [0.29, 0.717) is 24.7 Å². The number of aromatic nitrogens is 3. The molecule has 2 aromatic heterocycles. The van der Waals surface area contributed by atoms with Crippen molar-refractivity contribution in [2.45, 2.75) is 32.9 Å². The first kappa shape index (κ1) is 13.5. The summed E-state index contributed by atoms with van der Waals surface area (Å²) in [5.74, 6) is 0.940. The first-order valence-electron chi connectivity index (χ1n) is 6.39. The molecule has 0 spiro atoms. The molecule has 0 aliphatic heterocycles. The van der Waals surface area contributed by atoms with Gasteiger partial charge < -0.3 is 11.1 Å². The number of rotatable bonds is 5. The average molecular weight is 261 g/mol. The molecule has 1 amide bonds. The van der Waals surface area contributed by atoms with Gasteiger partial charge in [-0.05, 0) is 18.1 Å². The van der Waals surface area contributed by atoms with Crippen molar-refractivity contribution in [1.29, 1.82) is 0 Å². The molecule has 19 heavy (non-hydrogen) atoms. The molecule has 0 bridgehead atoms. The fourth-order valence-electron chi connectivity index (χ4n) is 1.71. The number of pyridine rings is 1. The molecule has 1 unspecified atom stereocenters. The van der Waals surface area contributed by atoms with Crippen LogP contribution in [0.4, 0.5) is 0 Å². The van der Waals surface area contributed by atoms with E-state index in [9.17, 15) is 4.79 Å². The van der Waals surface area contributed by atoms with Crippen LogP contribution in [0.1, 0.15) is 26.1 Å². The lowest BCUT2D eigenvalue weighted by Gasteiger charge is -2.14. The number of fused-ring (bicyclic) bond motifs is 1. The van der Waals surface area contributed by atoms with Gasteiger partial charge in [0.2, 0.25) is 5.91 Å². The third-order valence-corrected chi connectivity index (χ3v) is 3.11. The third kappa shape index (κ3) is 3.29. The predicted molar refractivity (Wildman–Crippen MR) is 72.3 cm³/mol. The van der Waals surface area contributed by atoms with Crippen LogP contribution in [0.2, 0.25) is 0 Å². The van der Waals surface area contributed by atoms with Gasteiger partial charge in [-0.3, -0.25) is 9.20 Å².